The highest BCUT2D eigenvalue weighted by Crippen LogP contribution is 2.27. The predicted octanol–water partition coefficient (Wildman–Crippen LogP) is 2.92. The second-order valence-electron chi connectivity index (χ2n) is 7.61. The molecule has 7 heteroatoms. The number of esters is 1. The second-order valence-corrected chi connectivity index (χ2v) is 7.61. The van der Waals surface area contributed by atoms with Crippen LogP contribution in [0.15, 0.2) is 84.9 Å². The van der Waals surface area contributed by atoms with E-state index >= 15 is 0 Å². The molecule has 0 radical (unpaired) electrons. The molecule has 0 bridgehead atoms. The summed E-state index contributed by atoms with van der Waals surface area (Å²) >= 11 is 0. The molecule has 0 aromatic heterocycles. The van der Waals surface area contributed by atoms with Crippen LogP contribution in [0.3, 0.4) is 0 Å². The topological polar surface area (TPSA) is 92.8 Å². The predicted molar refractivity (Wildman–Crippen MR) is 120 cm³/mol. The fraction of sp³-hybridized carbons (Fsp3) is 0.154. The zero-order chi connectivity index (χ0) is 23.4. The fourth-order valence-corrected chi connectivity index (χ4v) is 3.91. The summed E-state index contributed by atoms with van der Waals surface area (Å²) in [6.45, 7) is 0. The average Bonchev–Trinajstić information content (AvgIpc) is 3.11. The quantitative estimate of drug-likeness (QED) is 0.449. The first-order chi connectivity index (χ1) is 16.0. The zero-order valence-electron chi connectivity index (χ0n) is 17.9. The summed E-state index contributed by atoms with van der Waals surface area (Å²) in [7, 11) is 1.23. The first-order valence-corrected chi connectivity index (χ1v) is 10.4. The molecule has 0 saturated carbocycles. The molecule has 3 amide bonds. The summed E-state index contributed by atoms with van der Waals surface area (Å²) in [6, 6.07) is 22.0. The lowest BCUT2D eigenvalue weighted by atomic mass is 10.0. The molecule has 2 unspecified atom stereocenters. The number of fused-ring (bicyclic) bond motifs is 1. The highest BCUT2D eigenvalue weighted by Gasteiger charge is 2.43. The maximum Gasteiger partial charge on any atom is 0.333 e. The Morgan fingerprint density at radius 2 is 1.33 bits per heavy atom. The van der Waals surface area contributed by atoms with Gasteiger partial charge in [-0.1, -0.05) is 72.8 Å². The van der Waals surface area contributed by atoms with Gasteiger partial charge in [-0.15, -0.1) is 0 Å². The van der Waals surface area contributed by atoms with Crippen molar-refractivity contribution >= 4 is 23.7 Å². The number of carbonyl (C=O) groups is 4. The molecular formula is C26H22N2O5. The lowest BCUT2D eigenvalue weighted by molar-refractivity contribution is -0.145. The van der Waals surface area contributed by atoms with Gasteiger partial charge in [-0.05, 0) is 23.3 Å². The van der Waals surface area contributed by atoms with E-state index in [1.165, 1.54) is 7.11 Å². The number of hydrogen-bond donors (Lipinski definition) is 1. The van der Waals surface area contributed by atoms with Gasteiger partial charge >= 0.3 is 5.97 Å². The van der Waals surface area contributed by atoms with E-state index in [-0.39, 0.29) is 17.5 Å². The molecule has 0 saturated heterocycles. The third-order valence-corrected chi connectivity index (χ3v) is 5.57. The Hall–Kier alpha value is -4.26. The SMILES string of the molecule is COC(=O)C(NC(=O)C(Cc1ccccc1)N1C(=O)c2ccccc2C1=O)c1ccccc1. The molecule has 3 aromatic rings. The minimum absolute atomic E-state index is 0.0980. The Kier molecular flexibility index (Phi) is 6.31. The summed E-state index contributed by atoms with van der Waals surface area (Å²) in [4.78, 5) is 53.2. The van der Waals surface area contributed by atoms with E-state index in [4.69, 9.17) is 4.74 Å². The third-order valence-electron chi connectivity index (χ3n) is 5.57. The van der Waals surface area contributed by atoms with Crippen molar-refractivity contribution in [3.05, 3.63) is 107 Å². The van der Waals surface area contributed by atoms with Crippen LogP contribution in [0.2, 0.25) is 0 Å². The van der Waals surface area contributed by atoms with Gasteiger partial charge in [-0.25, -0.2) is 4.79 Å². The van der Waals surface area contributed by atoms with Gasteiger partial charge < -0.3 is 10.1 Å². The molecule has 166 valence electrons. The summed E-state index contributed by atoms with van der Waals surface area (Å²) in [5.41, 5.74) is 1.80. The van der Waals surface area contributed by atoms with Crippen molar-refractivity contribution in [1.29, 1.82) is 0 Å². The first-order valence-electron chi connectivity index (χ1n) is 10.4. The molecule has 0 spiro atoms. The van der Waals surface area contributed by atoms with Crippen LogP contribution in [0.1, 0.15) is 37.9 Å². The lowest BCUT2D eigenvalue weighted by Gasteiger charge is -2.27. The number of imide groups is 1. The van der Waals surface area contributed by atoms with Gasteiger partial charge in [0.2, 0.25) is 5.91 Å². The van der Waals surface area contributed by atoms with Crippen LogP contribution in [0.5, 0.6) is 0 Å². The minimum atomic E-state index is -1.16. The molecule has 3 aromatic carbocycles. The highest BCUT2D eigenvalue weighted by atomic mass is 16.5. The van der Waals surface area contributed by atoms with Gasteiger partial charge in [0, 0.05) is 6.42 Å². The standard InChI is InChI=1S/C26H22N2O5/c1-33-26(32)22(18-12-6-3-7-13-18)27-23(29)21(16-17-10-4-2-5-11-17)28-24(30)19-14-8-9-15-20(19)25(28)31/h2-15,21-22H,16H2,1H3,(H,27,29). The van der Waals surface area contributed by atoms with Gasteiger partial charge in [-0.2, -0.15) is 0 Å². The Balaban J connectivity index is 1.69. The van der Waals surface area contributed by atoms with Gasteiger partial charge in [0.15, 0.2) is 6.04 Å². The van der Waals surface area contributed by atoms with E-state index in [1.54, 1.807) is 54.6 Å². The number of methoxy groups -OCH3 is 1. The van der Waals surface area contributed by atoms with E-state index in [0.29, 0.717) is 5.56 Å². The molecule has 1 N–H and O–H groups in total. The van der Waals surface area contributed by atoms with Crippen molar-refractivity contribution in [2.75, 3.05) is 7.11 Å². The molecule has 7 nitrogen and oxygen atoms in total. The maximum absolute atomic E-state index is 13.5. The normalized spacial score (nSPS) is 14.4. The molecule has 33 heavy (non-hydrogen) atoms. The van der Waals surface area contributed by atoms with Crippen molar-refractivity contribution in [3.63, 3.8) is 0 Å². The monoisotopic (exact) mass is 442 g/mol. The van der Waals surface area contributed by atoms with Crippen LogP contribution >= 0.6 is 0 Å². The smallest absolute Gasteiger partial charge is 0.333 e. The van der Waals surface area contributed by atoms with E-state index in [2.05, 4.69) is 5.32 Å². The molecular weight excluding hydrogens is 420 g/mol. The minimum Gasteiger partial charge on any atom is -0.467 e. The Morgan fingerprint density at radius 3 is 1.88 bits per heavy atom. The zero-order valence-corrected chi connectivity index (χ0v) is 17.9. The van der Waals surface area contributed by atoms with Crippen LogP contribution < -0.4 is 5.32 Å². The summed E-state index contributed by atoms with van der Waals surface area (Å²) in [5, 5.41) is 2.69. The number of rotatable bonds is 7. The van der Waals surface area contributed by atoms with E-state index in [1.807, 2.05) is 30.3 Å². The van der Waals surface area contributed by atoms with Gasteiger partial charge in [0.1, 0.15) is 6.04 Å². The van der Waals surface area contributed by atoms with Crippen molar-refractivity contribution in [1.82, 2.24) is 10.2 Å². The number of benzene rings is 3. The van der Waals surface area contributed by atoms with Crippen molar-refractivity contribution in [2.24, 2.45) is 0 Å². The van der Waals surface area contributed by atoms with Crippen LogP contribution in [0.4, 0.5) is 0 Å². The molecule has 1 aliphatic rings. The van der Waals surface area contributed by atoms with E-state index < -0.39 is 35.8 Å². The van der Waals surface area contributed by atoms with E-state index in [0.717, 1.165) is 10.5 Å². The molecule has 1 aliphatic heterocycles. The van der Waals surface area contributed by atoms with Crippen LogP contribution in [0.25, 0.3) is 0 Å². The number of amides is 3. The van der Waals surface area contributed by atoms with Gasteiger partial charge in [-0.3, -0.25) is 19.3 Å². The Labute approximate surface area is 191 Å². The first kappa shape index (κ1) is 22.0. The van der Waals surface area contributed by atoms with Crippen molar-refractivity contribution in [2.45, 2.75) is 18.5 Å². The average molecular weight is 442 g/mol. The number of nitrogens with one attached hydrogen (secondary N) is 1. The number of nitrogens with zero attached hydrogens (tertiary/aromatic N) is 1. The number of hydrogen-bond acceptors (Lipinski definition) is 5. The molecule has 4 rings (SSSR count). The second kappa shape index (κ2) is 9.48. The molecule has 2 atom stereocenters. The highest BCUT2D eigenvalue weighted by molar-refractivity contribution is 6.22. The molecule has 1 heterocycles. The van der Waals surface area contributed by atoms with Crippen LogP contribution in [-0.4, -0.2) is 41.7 Å². The van der Waals surface area contributed by atoms with Crippen molar-refractivity contribution < 1.29 is 23.9 Å². The molecule has 0 fully saturated rings. The summed E-state index contributed by atoms with van der Waals surface area (Å²) < 4.78 is 4.88. The largest absolute Gasteiger partial charge is 0.467 e. The number of carbonyl (C=O) groups excluding carboxylic acids is 4. The van der Waals surface area contributed by atoms with Gasteiger partial charge in [0.25, 0.3) is 11.8 Å². The number of ether oxygens (including phenoxy) is 1. The molecule has 0 aliphatic carbocycles. The fourth-order valence-electron chi connectivity index (χ4n) is 3.91. The maximum atomic E-state index is 13.5. The Morgan fingerprint density at radius 1 is 0.818 bits per heavy atom. The van der Waals surface area contributed by atoms with Crippen LogP contribution in [0, 0.1) is 0 Å². The van der Waals surface area contributed by atoms with Crippen LogP contribution in [-0.2, 0) is 20.7 Å². The third kappa shape index (κ3) is 4.39. The lowest BCUT2D eigenvalue weighted by Crippen LogP contribution is -2.52. The van der Waals surface area contributed by atoms with E-state index in [9.17, 15) is 19.2 Å². The Bertz CT molecular complexity index is 1160. The summed E-state index contributed by atoms with van der Waals surface area (Å²) in [5.74, 6) is -2.37. The van der Waals surface area contributed by atoms with Crippen molar-refractivity contribution in [3.8, 4) is 0 Å². The van der Waals surface area contributed by atoms with Gasteiger partial charge in [0.05, 0.1) is 18.2 Å². The summed E-state index contributed by atoms with van der Waals surface area (Å²) in [6.07, 6.45) is 0.0980.